The number of methoxy groups -OCH3 is 1. The van der Waals surface area contributed by atoms with Crippen LogP contribution in [0.4, 0.5) is 17.3 Å². The fourth-order valence-electron chi connectivity index (χ4n) is 3.06. The van der Waals surface area contributed by atoms with Gasteiger partial charge in [0, 0.05) is 18.3 Å². The van der Waals surface area contributed by atoms with Gasteiger partial charge in [0.15, 0.2) is 0 Å². The largest absolute Gasteiger partial charge is 0.465 e. The summed E-state index contributed by atoms with van der Waals surface area (Å²) in [5.74, 6) is 0.0399. The molecule has 3 rings (SSSR count). The zero-order valence-electron chi connectivity index (χ0n) is 15.9. The van der Waals surface area contributed by atoms with Gasteiger partial charge < -0.3 is 25.8 Å². The second-order valence-electron chi connectivity index (χ2n) is 6.65. The van der Waals surface area contributed by atoms with E-state index in [-0.39, 0.29) is 29.0 Å². The Balaban J connectivity index is 2.00. The Hall–Kier alpha value is -3.15. The Morgan fingerprint density at radius 2 is 2.25 bits per heavy atom. The second-order valence-corrected chi connectivity index (χ2v) is 6.65. The Kier molecular flexibility index (Phi) is 6.09. The van der Waals surface area contributed by atoms with Crippen LogP contribution in [0.5, 0.6) is 0 Å². The highest BCUT2D eigenvalue weighted by molar-refractivity contribution is 5.98. The van der Waals surface area contributed by atoms with Crippen LogP contribution in [0.1, 0.15) is 27.9 Å². The van der Waals surface area contributed by atoms with Crippen molar-refractivity contribution in [3.8, 4) is 6.07 Å². The van der Waals surface area contributed by atoms with Crippen molar-refractivity contribution in [2.24, 2.45) is 5.73 Å². The number of nitrogens with two attached hydrogens (primary N) is 1. The lowest BCUT2D eigenvalue weighted by Gasteiger charge is -2.30. The van der Waals surface area contributed by atoms with Crippen LogP contribution in [-0.4, -0.2) is 43.4 Å². The standard InChI is InChI=1S/C20H23N5O3/c1-12-4-3-5-14(8-12)23-19-18(20(26)27-2)13(10-21)9-17(25-19)24-16-11-28-7-6-15(16)22/h3-5,8-9,15-16H,6-7,11,22H2,1-2H3,(H2,23,24,25)/t15-,16+/m1/s1. The maximum atomic E-state index is 12.3. The first kappa shape index (κ1) is 19.6. The number of hydrogen-bond acceptors (Lipinski definition) is 8. The molecule has 0 aliphatic carbocycles. The number of hydrogen-bond donors (Lipinski definition) is 3. The number of anilines is 3. The van der Waals surface area contributed by atoms with E-state index in [0.29, 0.717) is 19.0 Å². The molecule has 1 saturated heterocycles. The molecular weight excluding hydrogens is 358 g/mol. The third-order valence-electron chi connectivity index (χ3n) is 4.55. The molecule has 8 heteroatoms. The van der Waals surface area contributed by atoms with Crippen LogP contribution in [0.2, 0.25) is 0 Å². The smallest absolute Gasteiger partial charge is 0.343 e. The lowest BCUT2D eigenvalue weighted by Crippen LogP contribution is -2.47. The number of benzene rings is 1. The highest BCUT2D eigenvalue weighted by atomic mass is 16.5. The van der Waals surface area contributed by atoms with Gasteiger partial charge in [-0.2, -0.15) is 5.26 Å². The molecule has 0 saturated carbocycles. The topological polar surface area (TPSA) is 122 Å². The third-order valence-corrected chi connectivity index (χ3v) is 4.55. The average Bonchev–Trinajstić information content (AvgIpc) is 2.69. The molecule has 146 valence electrons. The molecule has 2 aromatic rings. The SMILES string of the molecule is COC(=O)c1c(C#N)cc(N[C@H]2COCC[C@H]2N)nc1Nc1cccc(C)c1. The Morgan fingerprint density at radius 3 is 2.93 bits per heavy atom. The van der Waals surface area contributed by atoms with Crippen LogP contribution in [0.3, 0.4) is 0 Å². The van der Waals surface area contributed by atoms with E-state index >= 15 is 0 Å². The molecule has 28 heavy (non-hydrogen) atoms. The fraction of sp³-hybridized carbons (Fsp3) is 0.350. The molecule has 1 aromatic carbocycles. The summed E-state index contributed by atoms with van der Waals surface area (Å²) in [6, 6.07) is 11.0. The molecular formula is C20H23N5O3. The van der Waals surface area contributed by atoms with Crippen LogP contribution in [0.25, 0.3) is 0 Å². The Bertz CT molecular complexity index is 909. The first-order valence-electron chi connectivity index (χ1n) is 8.99. The van der Waals surface area contributed by atoms with Gasteiger partial charge in [-0.1, -0.05) is 12.1 Å². The summed E-state index contributed by atoms with van der Waals surface area (Å²) in [6.07, 6.45) is 0.734. The summed E-state index contributed by atoms with van der Waals surface area (Å²) in [7, 11) is 1.27. The fourth-order valence-corrected chi connectivity index (χ4v) is 3.06. The van der Waals surface area contributed by atoms with Crippen LogP contribution >= 0.6 is 0 Å². The number of rotatable bonds is 5. The molecule has 2 atom stereocenters. The number of nitrogens with zero attached hydrogens (tertiary/aromatic N) is 2. The molecule has 0 bridgehead atoms. The van der Waals surface area contributed by atoms with Gasteiger partial charge in [0.2, 0.25) is 0 Å². The van der Waals surface area contributed by atoms with E-state index in [2.05, 4.69) is 21.7 Å². The summed E-state index contributed by atoms with van der Waals surface area (Å²) >= 11 is 0. The number of aromatic nitrogens is 1. The van der Waals surface area contributed by atoms with Crippen LogP contribution in [-0.2, 0) is 9.47 Å². The van der Waals surface area contributed by atoms with Crippen molar-refractivity contribution in [1.82, 2.24) is 4.98 Å². The van der Waals surface area contributed by atoms with E-state index in [9.17, 15) is 10.1 Å². The molecule has 8 nitrogen and oxygen atoms in total. The number of nitriles is 1. The Labute approximate surface area is 163 Å². The van der Waals surface area contributed by atoms with E-state index in [0.717, 1.165) is 17.7 Å². The average molecular weight is 381 g/mol. The Morgan fingerprint density at radius 1 is 1.43 bits per heavy atom. The molecule has 4 N–H and O–H groups in total. The quantitative estimate of drug-likeness (QED) is 0.675. The minimum Gasteiger partial charge on any atom is -0.465 e. The van der Waals surface area contributed by atoms with Crippen LogP contribution in [0, 0.1) is 18.3 Å². The monoisotopic (exact) mass is 381 g/mol. The number of esters is 1. The molecule has 0 spiro atoms. The van der Waals surface area contributed by atoms with Gasteiger partial charge in [0.1, 0.15) is 23.3 Å². The van der Waals surface area contributed by atoms with Crippen molar-refractivity contribution < 1.29 is 14.3 Å². The maximum Gasteiger partial charge on any atom is 0.343 e. The van der Waals surface area contributed by atoms with Crippen LogP contribution < -0.4 is 16.4 Å². The van der Waals surface area contributed by atoms with Crippen molar-refractivity contribution in [1.29, 1.82) is 5.26 Å². The molecule has 1 fully saturated rings. The van der Waals surface area contributed by atoms with Gasteiger partial charge in [-0.05, 0) is 37.1 Å². The number of pyridine rings is 1. The van der Waals surface area contributed by atoms with E-state index in [4.69, 9.17) is 15.2 Å². The van der Waals surface area contributed by atoms with Crippen molar-refractivity contribution in [3.63, 3.8) is 0 Å². The molecule has 1 aliphatic rings. The van der Waals surface area contributed by atoms with Crippen molar-refractivity contribution in [3.05, 3.63) is 47.0 Å². The number of carbonyl (C=O) groups excluding carboxylic acids is 1. The van der Waals surface area contributed by atoms with Gasteiger partial charge in [-0.3, -0.25) is 0 Å². The highest BCUT2D eigenvalue weighted by Gasteiger charge is 2.25. The highest BCUT2D eigenvalue weighted by Crippen LogP contribution is 2.27. The molecule has 0 unspecified atom stereocenters. The van der Waals surface area contributed by atoms with Crippen LogP contribution in [0.15, 0.2) is 30.3 Å². The third kappa shape index (κ3) is 4.39. The minimum absolute atomic E-state index is 0.0845. The summed E-state index contributed by atoms with van der Waals surface area (Å²) in [4.78, 5) is 16.8. The maximum absolute atomic E-state index is 12.3. The molecule has 1 aliphatic heterocycles. The van der Waals surface area contributed by atoms with Crippen molar-refractivity contribution >= 4 is 23.3 Å². The predicted molar refractivity (Wildman–Crippen MR) is 106 cm³/mol. The number of nitrogens with one attached hydrogen (secondary N) is 2. The van der Waals surface area contributed by atoms with Gasteiger partial charge >= 0.3 is 5.97 Å². The van der Waals surface area contributed by atoms with E-state index in [1.807, 2.05) is 31.2 Å². The number of ether oxygens (including phenoxy) is 2. The zero-order chi connectivity index (χ0) is 20.1. The lowest BCUT2D eigenvalue weighted by molar-refractivity contribution is 0.0601. The van der Waals surface area contributed by atoms with Crippen molar-refractivity contribution in [2.45, 2.75) is 25.4 Å². The molecule has 2 heterocycles. The lowest BCUT2D eigenvalue weighted by atomic mass is 10.0. The summed E-state index contributed by atoms with van der Waals surface area (Å²) in [6.45, 7) is 3.03. The normalized spacial score (nSPS) is 18.8. The van der Waals surface area contributed by atoms with E-state index in [1.54, 1.807) is 0 Å². The number of carbonyl (C=O) groups is 1. The summed E-state index contributed by atoms with van der Waals surface area (Å²) in [5.41, 5.74) is 8.18. The zero-order valence-corrected chi connectivity index (χ0v) is 15.9. The van der Waals surface area contributed by atoms with Gasteiger partial charge in [-0.25, -0.2) is 9.78 Å². The van der Waals surface area contributed by atoms with Gasteiger partial charge in [0.05, 0.1) is 25.3 Å². The molecule has 0 radical (unpaired) electrons. The minimum atomic E-state index is -0.636. The van der Waals surface area contributed by atoms with Gasteiger partial charge in [0.25, 0.3) is 0 Å². The van der Waals surface area contributed by atoms with E-state index in [1.165, 1.54) is 13.2 Å². The first-order valence-corrected chi connectivity index (χ1v) is 8.99. The molecule has 1 aromatic heterocycles. The predicted octanol–water partition coefficient (Wildman–Crippen LogP) is 2.32. The first-order chi connectivity index (χ1) is 13.5. The van der Waals surface area contributed by atoms with E-state index < -0.39 is 5.97 Å². The van der Waals surface area contributed by atoms with Crippen molar-refractivity contribution in [2.75, 3.05) is 31.0 Å². The summed E-state index contributed by atoms with van der Waals surface area (Å²) < 4.78 is 10.3. The molecule has 0 amide bonds. The second kappa shape index (κ2) is 8.69. The number of aryl methyl sites for hydroxylation is 1. The summed E-state index contributed by atoms with van der Waals surface area (Å²) in [5, 5.41) is 15.9. The van der Waals surface area contributed by atoms with Gasteiger partial charge in [-0.15, -0.1) is 0 Å².